The summed E-state index contributed by atoms with van der Waals surface area (Å²) >= 11 is 0. The molecule has 1 aliphatic heterocycles. The molecule has 3 heterocycles. The van der Waals surface area contributed by atoms with Gasteiger partial charge in [-0.1, -0.05) is 24.3 Å². The number of anilines is 1. The Balaban J connectivity index is 0.000000154. The summed E-state index contributed by atoms with van der Waals surface area (Å²) in [7, 11) is 0. The molecule has 0 aliphatic carbocycles. The van der Waals surface area contributed by atoms with Gasteiger partial charge in [0, 0.05) is 22.9 Å². The van der Waals surface area contributed by atoms with Crippen LogP contribution in [-0.4, -0.2) is 43.6 Å². The van der Waals surface area contributed by atoms with Crippen LogP contribution in [0.15, 0.2) is 64.3 Å². The minimum atomic E-state index is -1.12. The summed E-state index contributed by atoms with van der Waals surface area (Å²) in [6.45, 7) is -0.405. The number of halogens is 1. The fourth-order valence-corrected chi connectivity index (χ4v) is 3.55. The Labute approximate surface area is 180 Å². The zero-order valence-electron chi connectivity index (χ0n) is 16.8. The van der Waals surface area contributed by atoms with Crippen molar-refractivity contribution in [2.24, 2.45) is 0 Å². The number of aromatic nitrogens is 3. The number of nitrogen functional groups attached to an aromatic ring is 1. The molecule has 1 fully saturated rings. The van der Waals surface area contributed by atoms with Gasteiger partial charge in [0.1, 0.15) is 12.3 Å². The number of hydrogen-bond acceptors (Lipinski definition) is 7. The molecule has 0 saturated carbocycles. The highest BCUT2D eigenvalue weighted by Gasteiger charge is 2.35. The molecular weight excluding hydrogens is 419 g/mol. The van der Waals surface area contributed by atoms with E-state index in [1.807, 2.05) is 42.5 Å². The summed E-state index contributed by atoms with van der Waals surface area (Å²) < 4.78 is 19.0. The fraction of sp³-hybridized carbons (Fsp3) is 0.227. The number of aromatic amines is 1. The SMILES string of the molecule is Nc1cccc2nc3ccccc3cc12.O=c1[nH]c(=O)n([C@H]2C[C@H](O)[C@@H](CO)O2)cc1F. The lowest BCUT2D eigenvalue weighted by Crippen LogP contribution is -2.34. The molecule has 3 atom stereocenters. The number of nitrogens with zero attached hydrogens (tertiary/aromatic N) is 2. The van der Waals surface area contributed by atoms with Crippen molar-refractivity contribution in [3.8, 4) is 0 Å². The number of H-pyrrole nitrogens is 1. The zero-order valence-corrected chi connectivity index (χ0v) is 16.8. The van der Waals surface area contributed by atoms with Crippen LogP contribution in [0.2, 0.25) is 0 Å². The van der Waals surface area contributed by atoms with Gasteiger partial charge < -0.3 is 20.7 Å². The van der Waals surface area contributed by atoms with Gasteiger partial charge in [0.15, 0.2) is 0 Å². The Kier molecular flexibility index (Phi) is 5.99. The molecule has 0 unspecified atom stereocenters. The molecule has 0 spiro atoms. The third kappa shape index (κ3) is 4.24. The van der Waals surface area contributed by atoms with Gasteiger partial charge in [-0.25, -0.2) is 9.78 Å². The number of pyridine rings is 1. The predicted molar refractivity (Wildman–Crippen MR) is 117 cm³/mol. The number of nitrogens with one attached hydrogen (secondary N) is 1. The molecule has 5 rings (SSSR count). The first kappa shape index (κ1) is 21.6. The molecule has 2 aromatic carbocycles. The van der Waals surface area contributed by atoms with E-state index in [9.17, 15) is 19.1 Å². The first-order chi connectivity index (χ1) is 15.4. The summed E-state index contributed by atoms with van der Waals surface area (Å²) in [6, 6.07) is 16.0. The van der Waals surface area contributed by atoms with Gasteiger partial charge in [-0.05, 0) is 24.3 Å². The number of aliphatic hydroxyl groups is 2. The highest BCUT2D eigenvalue weighted by molar-refractivity contribution is 5.98. The summed E-state index contributed by atoms with van der Waals surface area (Å²) in [5.41, 5.74) is 6.72. The van der Waals surface area contributed by atoms with Crippen molar-refractivity contribution < 1.29 is 19.3 Å². The summed E-state index contributed by atoms with van der Waals surface area (Å²) in [5, 5.41) is 20.5. The number of aliphatic hydroxyl groups excluding tert-OH is 2. The average Bonchev–Trinajstić information content (AvgIpc) is 3.16. The van der Waals surface area contributed by atoms with Gasteiger partial charge in [0.05, 0.1) is 29.9 Å². The van der Waals surface area contributed by atoms with Crippen LogP contribution in [0.4, 0.5) is 10.1 Å². The van der Waals surface area contributed by atoms with E-state index in [1.165, 1.54) is 0 Å². The molecule has 10 heteroatoms. The molecule has 2 aromatic heterocycles. The summed E-state index contributed by atoms with van der Waals surface area (Å²) in [4.78, 5) is 28.6. The van der Waals surface area contributed by atoms with E-state index >= 15 is 0 Å². The predicted octanol–water partition coefficient (Wildman–Crippen LogP) is 1.29. The van der Waals surface area contributed by atoms with Crippen LogP contribution < -0.4 is 17.0 Å². The van der Waals surface area contributed by atoms with E-state index < -0.39 is 42.1 Å². The lowest BCUT2D eigenvalue weighted by Gasteiger charge is -2.13. The minimum absolute atomic E-state index is 0.0383. The van der Waals surface area contributed by atoms with Crippen molar-refractivity contribution in [3.63, 3.8) is 0 Å². The quantitative estimate of drug-likeness (QED) is 0.272. The normalized spacial score (nSPS) is 20.3. The molecule has 1 aliphatic rings. The van der Waals surface area contributed by atoms with Crippen LogP contribution in [0.25, 0.3) is 21.8 Å². The van der Waals surface area contributed by atoms with Gasteiger partial charge in [-0.15, -0.1) is 0 Å². The Hall–Kier alpha value is -3.60. The van der Waals surface area contributed by atoms with E-state index in [2.05, 4.69) is 11.1 Å². The largest absolute Gasteiger partial charge is 0.398 e. The number of benzene rings is 2. The maximum atomic E-state index is 13.0. The van der Waals surface area contributed by atoms with E-state index in [4.69, 9.17) is 15.6 Å². The number of para-hydroxylation sites is 1. The third-order valence-corrected chi connectivity index (χ3v) is 5.21. The highest BCUT2D eigenvalue weighted by Crippen LogP contribution is 2.27. The first-order valence-corrected chi connectivity index (χ1v) is 9.86. The fourth-order valence-electron chi connectivity index (χ4n) is 3.55. The second-order valence-corrected chi connectivity index (χ2v) is 7.35. The molecule has 5 N–H and O–H groups in total. The van der Waals surface area contributed by atoms with E-state index in [0.717, 1.165) is 38.3 Å². The van der Waals surface area contributed by atoms with Crippen LogP contribution in [0.5, 0.6) is 0 Å². The molecule has 0 bridgehead atoms. The summed E-state index contributed by atoms with van der Waals surface area (Å²) in [5.74, 6) is -1.12. The van der Waals surface area contributed by atoms with Gasteiger partial charge >= 0.3 is 5.69 Å². The maximum Gasteiger partial charge on any atom is 0.330 e. The van der Waals surface area contributed by atoms with E-state index in [1.54, 1.807) is 4.98 Å². The maximum absolute atomic E-state index is 13.0. The Bertz CT molecular complexity index is 1390. The average molecular weight is 440 g/mol. The molecule has 32 heavy (non-hydrogen) atoms. The summed E-state index contributed by atoms with van der Waals surface area (Å²) in [6.07, 6.45) is -1.90. The molecule has 0 radical (unpaired) electrons. The van der Waals surface area contributed by atoms with Crippen LogP contribution in [0.3, 0.4) is 0 Å². The lowest BCUT2D eigenvalue weighted by atomic mass is 10.1. The Morgan fingerprint density at radius 2 is 1.94 bits per heavy atom. The van der Waals surface area contributed by atoms with Gasteiger partial charge in [0.2, 0.25) is 5.82 Å². The molecular formula is C22H21FN4O5. The van der Waals surface area contributed by atoms with Gasteiger partial charge in [-0.2, -0.15) is 4.39 Å². The number of rotatable bonds is 2. The number of hydrogen-bond donors (Lipinski definition) is 4. The Morgan fingerprint density at radius 1 is 1.19 bits per heavy atom. The molecule has 166 valence electrons. The van der Waals surface area contributed by atoms with Crippen LogP contribution in [0, 0.1) is 5.82 Å². The number of fused-ring (bicyclic) bond motifs is 2. The van der Waals surface area contributed by atoms with Crippen molar-refractivity contribution in [2.45, 2.75) is 24.9 Å². The van der Waals surface area contributed by atoms with Crippen LogP contribution in [0.1, 0.15) is 12.6 Å². The molecule has 9 nitrogen and oxygen atoms in total. The number of nitrogens with two attached hydrogens (primary N) is 1. The molecule has 0 amide bonds. The third-order valence-electron chi connectivity index (χ3n) is 5.21. The monoisotopic (exact) mass is 440 g/mol. The minimum Gasteiger partial charge on any atom is -0.398 e. The van der Waals surface area contributed by atoms with E-state index in [-0.39, 0.29) is 6.42 Å². The standard InChI is InChI=1S/C13H10N2.C9H11FN2O5/c14-11-5-3-7-13-10(11)8-9-4-1-2-6-12(9)15-13;10-4-2-12(9(16)11-8(4)15)7-1-5(14)6(3-13)17-7/h1-8H,14H2;2,5-7,13-14H,1,3H2,(H,11,15,16)/t;5-,6+,7+/m.0/s1. The highest BCUT2D eigenvalue weighted by atomic mass is 19.1. The zero-order chi connectivity index (χ0) is 22.8. The molecule has 4 aromatic rings. The van der Waals surface area contributed by atoms with Crippen molar-refractivity contribution in [1.82, 2.24) is 14.5 Å². The van der Waals surface area contributed by atoms with Gasteiger partial charge in [0.25, 0.3) is 5.56 Å². The van der Waals surface area contributed by atoms with Crippen molar-refractivity contribution in [2.75, 3.05) is 12.3 Å². The topological polar surface area (TPSA) is 143 Å². The second-order valence-electron chi connectivity index (χ2n) is 7.35. The van der Waals surface area contributed by atoms with E-state index in [0.29, 0.717) is 0 Å². The second kappa shape index (κ2) is 8.87. The number of ether oxygens (including phenoxy) is 1. The Morgan fingerprint density at radius 3 is 2.69 bits per heavy atom. The lowest BCUT2D eigenvalue weighted by molar-refractivity contribution is -0.0462. The van der Waals surface area contributed by atoms with Crippen molar-refractivity contribution in [3.05, 3.63) is 81.4 Å². The van der Waals surface area contributed by atoms with Crippen LogP contribution in [-0.2, 0) is 4.74 Å². The van der Waals surface area contributed by atoms with Crippen LogP contribution >= 0.6 is 0 Å². The first-order valence-electron chi connectivity index (χ1n) is 9.86. The van der Waals surface area contributed by atoms with Crippen molar-refractivity contribution >= 4 is 27.5 Å². The smallest absolute Gasteiger partial charge is 0.330 e. The molecule has 1 saturated heterocycles. The van der Waals surface area contributed by atoms with Gasteiger partial charge in [-0.3, -0.25) is 14.3 Å². The van der Waals surface area contributed by atoms with Crippen molar-refractivity contribution in [1.29, 1.82) is 0 Å².